The molecule has 7 heteroatoms. The van der Waals surface area contributed by atoms with Crippen LogP contribution in [-0.2, 0) is 0 Å². The first-order valence-corrected chi connectivity index (χ1v) is 8.44. The predicted molar refractivity (Wildman–Crippen MR) is 89.9 cm³/mol. The van der Waals surface area contributed by atoms with Gasteiger partial charge in [-0.25, -0.2) is 4.39 Å². The third-order valence-electron chi connectivity index (χ3n) is 5.29. The van der Waals surface area contributed by atoms with Crippen LogP contribution in [0.25, 0.3) is 5.69 Å². The molecule has 25 heavy (non-hydrogen) atoms. The maximum absolute atomic E-state index is 13.1. The van der Waals surface area contributed by atoms with Crippen molar-refractivity contribution in [1.82, 2.24) is 14.7 Å². The maximum Gasteiger partial charge on any atom is 0.274 e. The molecule has 2 fully saturated rings. The molecule has 1 aromatic heterocycles. The summed E-state index contributed by atoms with van der Waals surface area (Å²) in [6, 6.07) is 8.32. The molecule has 1 saturated carbocycles. The number of rotatable bonds is 2. The Morgan fingerprint density at radius 3 is 2.60 bits per heavy atom. The average Bonchev–Trinajstić information content (AvgIpc) is 3.18. The van der Waals surface area contributed by atoms with E-state index in [1.165, 1.54) is 36.4 Å². The Morgan fingerprint density at radius 2 is 1.88 bits per heavy atom. The van der Waals surface area contributed by atoms with Gasteiger partial charge < -0.3 is 10.6 Å². The molecular formula is C18H19FN4O2. The van der Waals surface area contributed by atoms with E-state index in [1.807, 2.05) is 0 Å². The highest BCUT2D eigenvalue weighted by molar-refractivity contribution is 5.92. The second kappa shape index (κ2) is 6.07. The quantitative estimate of drug-likeness (QED) is 0.889. The Kier molecular flexibility index (Phi) is 3.88. The van der Waals surface area contributed by atoms with E-state index < -0.39 is 5.82 Å². The van der Waals surface area contributed by atoms with Crippen LogP contribution in [0.1, 0.15) is 23.3 Å². The molecule has 0 spiro atoms. The number of halogens is 1. The molecule has 1 saturated heterocycles. The fourth-order valence-electron chi connectivity index (χ4n) is 3.93. The summed E-state index contributed by atoms with van der Waals surface area (Å²) in [5.74, 6) is 0.218. The number of nitrogens with two attached hydrogens (primary N) is 1. The molecule has 6 nitrogen and oxygen atoms in total. The summed E-state index contributed by atoms with van der Waals surface area (Å²) in [5.41, 5.74) is 6.38. The van der Waals surface area contributed by atoms with Crippen molar-refractivity contribution >= 4 is 5.91 Å². The summed E-state index contributed by atoms with van der Waals surface area (Å²) < 4.78 is 14.2. The molecule has 130 valence electrons. The van der Waals surface area contributed by atoms with Crippen molar-refractivity contribution in [3.63, 3.8) is 0 Å². The third kappa shape index (κ3) is 2.84. The van der Waals surface area contributed by atoms with Crippen LogP contribution in [0.2, 0.25) is 0 Å². The lowest BCUT2D eigenvalue weighted by molar-refractivity contribution is 0.0771. The Balaban J connectivity index is 1.61. The second-order valence-corrected chi connectivity index (χ2v) is 6.82. The molecule has 1 amide bonds. The number of amides is 1. The first kappa shape index (κ1) is 16.0. The fraction of sp³-hybridized carbons (Fsp3) is 0.389. The molecule has 1 aromatic carbocycles. The van der Waals surface area contributed by atoms with E-state index in [1.54, 1.807) is 4.90 Å². The van der Waals surface area contributed by atoms with Crippen molar-refractivity contribution in [1.29, 1.82) is 0 Å². The van der Waals surface area contributed by atoms with Gasteiger partial charge in [-0.2, -0.15) is 9.78 Å². The first-order chi connectivity index (χ1) is 12.0. The topological polar surface area (TPSA) is 81.2 Å². The zero-order chi connectivity index (χ0) is 17.6. The molecular weight excluding hydrogens is 323 g/mol. The number of nitrogens with zero attached hydrogens (tertiary/aromatic N) is 3. The molecule has 0 radical (unpaired) electrons. The number of hydrogen-bond acceptors (Lipinski definition) is 4. The van der Waals surface area contributed by atoms with Crippen LogP contribution in [0.5, 0.6) is 0 Å². The van der Waals surface area contributed by atoms with Gasteiger partial charge in [-0.1, -0.05) is 0 Å². The van der Waals surface area contributed by atoms with E-state index in [0.29, 0.717) is 30.6 Å². The number of benzene rings is 1. The van der Waals surface area contributed by atoms with Crippen molar-refractivity contribution in [2.75, 3.05) is 13.1 Å². The number of carbonyl (C=O) groups is 1. The van der Waals surface area contributed by atoms with Crippen molar-refractivity contribution in [2.45, 2.75) is 18.9 Å². The molecule has 0 bridgehead atoms. The van der Waals surface area contributed by atoms with Gasteiger partial charge in [0, 0.05) is 25.2 Å². The van der Waals surface area contributed by atoms with Crippen LogP contribution in [0.4, 0.5) is 4.39 Å². The van der Waals surface area contributed by atoms with Crippen LogP contribution in [-0.4, -0.2) is 39.7 Å². The molecule has 2 N–H and O–H groups in total. The summed E-state index contributed by atoms with van der Waals surface area (Å²) in [6.45, 7) is 1.33. The zero-order valence-corrected chi connectivity index (χ0v) is 13.6. The molecule has 1 aliphatic carbocycles. The standard InChI is InChI=1S/C18H19FN4O2/c19-12-2-4-13(5-3-12)23-17(24)8-7-16(21-23)18(25)22-9-11-1-6-15(20)14(11)10-22/h2-5,7-8,11,14-15H,1,6,9-10,20H2. The highest BCUT2D eigenvalue weighted by Gasteiger charge is 2.42. The molecule has 1 aliphatic heterocycles. The van der Waals surface area contributed by atoms with Gasteiger partial charge in [0.2, 0.25) is 0 Å². The predicted octanol–water partition coefficient (Wildman–Crippen LogP) is 1.18. The molecule has 3 unspecified atom stereocenters. The van der Waals surface area contributed by atoms with E-state index in [-0.39, 0.29) is 23.2 Å². The van der Waals surface area contributed by atoms with Crippen LogP contribution >= 0.6 is 0 Å². The van der Waals surface area contributed by atoms with E-state index in [9.17, 15) is 14.0 Å². The van der Waals surface area contributed by atoms with Crippen LogP contribution in [0.3, 0.4) is 0 Å². The number of fused-ring (bicyclic) bond motifs is 1. The average molecular weight is 342 g/mol. The molecule has 3 atom stereocenters. The van der Waals surface area contributed by atoms with Crippen molar-refractivity contribution in [3.8, 4) is 5.69 Å². The first-order valence-electron chi connectivity index (χ1n) is 8.44. The van der Waals surface area contributed by atoms with Gasteiger partial charge in [0.05, 0.1) is 5.69 Å². The normalized spacial score (nSPS) is 25.2. The minimum atomic E-state index is -0.399. The Bertz CT molecular complexity index is 864. The molecule has 2 aliphatic rings. The Hall–Kier alpha value is -2.54. The van der Waals surface area contributed by atoms with E-state index in [4.69, 9.17) is 5.73 Å². The van der Waals surface area contributed by atoms with Gasteiger partial charge in [-0.3, -0.25) is 9.59 Å². The number of aromatic nitrogens is 2. The van der Waals surface area contributed by atoms with Crippen LogP contribution in [0, 0.1) is 17.7 Å². The lowest BCUT2D eigenvalue weighted by Crippen LogP contribution is -2.35. The van der Waals surface area contributed by atoms with Crippen molar-refractivity contribution in [2.24, 2.45) is 17.6 Å². The number of hydrogen-bond donors (Lipinski definition) is 1. The van der Waals surface area contributed by atoms with E-state index >= 15 is 0 Å². The summed E-state index contributed by atoms with van der Waals surface area (Å²) in [4.78, 5) is 26.6. The number of carbonyl (C=O) groups excluding carboxylic acids is 1. The Morgan fingerprint density at radius 1 is 1.12 bits per heavy atom. The monoisotopic (exact) mass is 342 g/mol. The van der Waals surface area contributed by atoms with Crippen LogP contribution in [0.15, 0.2) is 41.2 Å². The minimum absolute atomic E-state index is 0.156. The van der Waals surface area contributed by atoms with Crippen LogP contribution < -0.4 is 11.3 Å². The SMILES string of the molecule is NC1CCC2CN(C(=O)c3ccc(=O)n(-c4ccc(F)cc4)n3)CC12. The lowest BCUT2D eigenvalue weighted by Gasteiger charge is -2.18. The summed E-state index contributed by atoms with van der Waals surface area (Å²) >= 11 is 0. The smallest absolute Gasteiger partial charge is 0.274 e. The third-order valence-corrected chi connectivity index (χ3v) is 5.29. The largest absolute Gasteiger partial charge is 0.337 e. The van der Waals surface area contributed by atoms with Gasteiger partial charge in [0.1, 0.15) is 11.5 Å². The van der Waals surface area contributed by atoms with E-state index in [0.717, 1.165) is 17.5 Å². The molecule has 4 rings (SSSR count). The zero-order valence-electron chi connectivity index (χ0n) is 13.6. The number of likely N-dealkylation sites (tertiary alicyclic amines) is 1. The lowest BCUT2D eigenvalue weighted by atomic mass is 9.98. The highest BCUT2D eigenvalue weighted by Crippen LogP contribution is 2.37. The van der Waals surface area contributed by atoms with Crippen molar-refractivity contribution in [3.05, 3.63) is 58.3 Å². The second-order valence-electron chi connectivity index (χ2n) is 6.82. The van der Waals surface area contributed by atoms with Gasteiger partial charge in [0.15, 0.2) is 0 Å². The summed E-state index contributed by atoms with van der Waals surface area (Å²) in [6.07, 6.45) is 2.07. The summed E-state index contributed by atoms with van der Waals surface area (Å²) in [5, 5.41) is 4.19. The maximum atomic E-state index is 13.1. The highest BCUT2D eigenvalue weighted by atomic mass is 19.1. The Labute approximate surface area is 144 Å². The van der Waals surface area contributed by atoms with Gasteiger partial charge in [0.25, 0.3) is 11.5 Å². The molecule has 2 aromatic rings. The van der Waals surface area contributed by atoms with E-state index in [2.05, 4.69) is 5.10 Å². The fourth-order valence-corrected chi connectivity index (χ4v) is 3.93. The summed E-state index contributed by atoms with van der Waals surface area (Å²) in [7, 11) is 0. The minimum Gasteiger partial charge on any atom is -0.337 e. The van der Waals surface area contributed by atoms with Gasteiger partial charge >= 0.3 is 0 Å². The van der Waals surface area contributed by atoms with Gasteiger partial charge in [-0.15, -0.1) is 0 Å². The molecule has 2 heterocycles. The van der Waals surface area contributed by atoms with Crippen molar-refractivity contribution < 1.29 is 9.18 Å². The van der Waals surface area contributed by atoms with Gasteiger partial charge in [-0.05, 0) is 55.0 Å².